The third kappa shape index (κ3) is 3.47. The lowest BCUT2D eigenvalue weighted by molar-refractivity contribution is 0.104. The predicted octanol–water partition coefficient (Wildman–Crippen LogP) is 2.86. The third-order valence-electron chi connectivity index (χ3n) is 3.10. The number of anilines is 1. The molecule has 22 heavy (non-hydrogen) atoms. The molecule has 4 heteroatoms. The average Bonchev–Trinajstić information content (AvgIpc) is 2.74. The van der Waals surface area contributed by atoms with Crippen molar-refractivity contribution in [2.45, 2.75) is 0 Å². The Bertz CT molecular complexity index is 833. The van der Waals surface area contributed by atoms with Crippen molar-refractivity contribution in [3.8, 4) is 6.07 Å². The second-order valence-electron chi connectivity index (χ2n) is 4.56. The minimum atomic E-state index is -0.375. The smallest absolute Gasteiger partial charge is 0.212 e. The number of nitrogens with zero attached hydrogens (tertiary/aromatic N) is 1. The summed E-state index contributed by atoms with van der Waals surface area (Å²) in [7, 11) is 1.63. The van der Waals surface area contributed by atoms with E-state index in [-0.39, 0.29) is 16.8 Å². The number of hydrogen-bond donors (Lipinski definition) is 1. The van der Waals surface area contributed by atoms with Crippen LogP contribution >= 0.6 is 0 Å². The molecule has 0 amide bonds. The second-order valence-corrected chi connectivity index (χ2v) is 4.56. The number of benzene rings is 1. The molecule has 1 N–H and O–H groups in total. The van der Waals surface area contributed by atoms with Crippen molar-refractivity contribution in [2.75, 3.05) is 12.4 Å². The predicted molar refractivity (Wildman–Crippen MR) is 86.8 cm³/mol. The first-order valence-electron chi connectivity index (χ1n) is 6.69. The molecule has 0 aliphatic heterocycles. The second kappa shape index (κ2) is 7.00. The highest BCUT2D eigenvalue weighted by Crippen LogP contribution is 2.08. The number of carbonyl (C=O) groups excluding carboxylic acids is 1. The molecule has 0 bridgehead atoms. The van der Waals surface area contributed by atoms with E-state index >= 15 is 0 Å². The van der Waals surface area contributed by atoms with E-state index in [0.717, 1.165) is 5.56 Å². The molecule has 0 atom stereocenters. The van der Waals surface area contributed by atoms with Crippen molar-refractivity contribution < 1.29 is 4.79 Å². The maximum atomic E-state index is 12.2. The van der Waals surface area contributed by atoms with E-state index in [0.29, 0.717) is 11.3 Å². The molecule has 0 heterocycles. The minimum Gasteiger partial charge on any atom is -0.385 e. The topological polar surface area (TPSA) is 70.0 Å². The van der Waals surface area contributed by atoms with Crippen LogP contribution in [0, 0.1) is 11.3 Å². The van der Waals surface area contributed by atoms with Crippen molar-refractivity contribution in [2.24, 2.45) is 0 Å². The van der Waals surface area contributed by atoms with Crippen molar-refractivity contribution in [3.05, 3.63) is 81.5 Å². The molecule has 0 spiro atoms. The first kappa shape index (κ1) is 15.2. The largest absolute Gasteiger partial charge is 0.385 e. The number of allylic oxidation sites excluding steroid dienone is 1. The van der Waals surface area contributed by atoms with Gasteiger partial charge >= 0.3 is 0 Å². The van der Waals surface area contributed by atoms with Gasteiger partial charge in [-0.3, -0.25) is 9.59 Å². The lowest BCUT2D eigenvalue weighted by Crippen LogP contribution is -2.14. The number of nitrogens with one attached hydrogen (secondary N) is 1. The van der Waals surface area contributed by atoms with Crippen molar-refractivity contribution >= 4 is 17.5 Å². The Kier molecular flexibility index (Phi) is 4.84. The zero-order chi connectivity index (χ0) is 15.9. The van der Waals surface area contributed by atoms with Gasteiger partial charge in [0.25, 0.3) is 0 Å². The van der Waals surface area contributed by atoms with Crippen molar-refractivity contribution in [3.63, 3.8) is 0 Å². The van der Waals surface area contributed by atoms with E-state index in [1.165, 1.54) is 12.1 Å². The SMILES string of the molecule is CNc1ccccc(C(=O)C=Cc2cccc(C#N)c2)c1=O. The number of carbonyl (C=O) groups is 1. The summed E-state index contributed by atoms with van der Waals surface area (Å²) < 4.78 is 0. The van der Waals surface area contributed by atoms with Crippen LogP contribution in [0.25, 0.3) is 6.08 Å². The van der Waals surface area contributed by atoms with Gasteiger partial charge in [0.05, 0.1) is 22.9 Å². The first-order chi connectivity index (χ1) is 10.7. The highest BCUT2D eigenvalue weighted by molar-refractivity contribution is 6.07. The van der Waals surface area contributed by atoms with Gasteiger partial charge in [0.2, 0.25) is 5.43 Å². The molecule has 2 aromatic carbocycles. The Labute approximate surface area is 128 Å². The highest BCUT2D eigenvalue weighted by atomic mass is 16.1. The average molecular weight is 290 g/mol. The van der Waals surface area contributed by atoms with E-state index in [2.05, 4.69) is 5.32 Å². The van der Waals surface area contributed by atoms with Crippen LogP contribution in [0.3, 0.4) is 0 Å². The minimum absolute atomic E-state index is 0.0991. The Morgan fingerprint density at radius 2 is 1.95 bits per heavy atom. The molecule has 0 saturated carbocycles. The number of rotatable bonds is 4. The van der Waals surface area contributed by atoms with Gasteiger partial charge in [-0.2, -0.15) is 5.26 Å². The maximum absolute atomic E-state index is 12.2. The Morgan fingerprint density at radius 3 is 2.68 bits per heavy atom. The van der Waals surface area contributed by atoms with E-state index in [1.54, 1.807) is 55.6 Å². The summed E-state index contributed by atoms with van der Waals surface area (Å²) in [6, 6.07) is 15.4. The summed E-state index contributed by atoms with van der Waals surface area (Å²) in [5.41, 5.74) is 1.37. The van der Waals surface area contributed by atoms with Crippen LogP contribution in [0.5, 0.6) is 0 Å². The van der Waals surface area contributed by atoms with Gasteiger partial charge in [-0.1, -0.05) is 30.3 Å². The molecular formula is C18H14N2O2. The summed E-state index contributed by atoms with van der Waals surface area (Å²) >= 11 is 0. The quantitative estimate of drug-likeness (QED) is 0.694. The first-order valence-corrected chi connectivity index (χ1v) is 6.69. The van der Waals surface area contributed by atoms with Gasteiger partial charge < -0.3 is 5.32 Å². The Hall–Kier alpha value is -3.19. The molecule has 108 valence electrons. The van der Waals surface area contributed by atoms with Gasteiger partial charge in [-0.05, 0) is 35.9 Å². The zero-order valence-corrected chi connectivity index (χ0v) is 12.0. The fraction of sp³-hybridized carbons (Fsp3) is 0.0556. The van der Waals surface area contributed by atoms with Gasteiger partial charge in [0.1, 0.15) is 0 Å². The van der Waals surface area contributed by atoms with Crippen LogP contribution in [0.15, 0.2) is 59.4 Å². The molecule has 0 saturated heterocycles. The van der Waals surface area contributed by atoms with E-state index in [4.69, 9.17) is 5.26 Å². The van der Waals surface area contributed by atoms with E-state index < -0.39 is 0 Å². The summed E-state index contributed by atoms with van der Waals surface area (Å²) in [6.45, 7) is 0. The molecule has 0 aliphatic carbocycles. The van der Waals surface area contributed by atoms with E-state index in [1.807, 2.05) is 6.07 Å². The van der Waals surface area contributed by atoms with Crippen molar-refractivity contribution in [1.82, 2.24) is 0 Å². The van der Waals surface area contributed by atoms with Gasteiger partial charge in [0, 0.05) is 7.05 Å². The molecule has 0 fully saturated rings. The van der Waals surface area contributed by atoms with Crippen LogP contribution in [-0.2, 0) is 0 Å². The molecule has 2 rings (SSSR count). The lowest BCUT2D eigenvalue weighted by Gasteiger charge is -1.96. The fourth-order valence-corrected chi connectivity index (χ4v) is 1.96. The molecule has 2 aromatic rings. The summed E-state index contributed by atoms with van der Waals surface area (Å²) in [6.07, 6.45) is 2.93. The Balaban J connectivity index is 2.34. The van der Waals surface area contributed by atoms with Crippen LogP contribution < -0.4 is 10.7 Å². The normalized spacial score (nSPS) is 10.2. The summed E-state index contributed by atoms with van der Waals surface area (Å²) in [4.78, 5) is 24.4. The van der Waals surface area contributed by atoms with Crippen LogP contribution in [0.4, 0.5) is 5.69 Å². The maximum Gasteiger partial charge on any atom is 0.212 e. The standard InChI is InChI=1S/C18H14N2O2/c1-20-16-8-3-2-7-15(18(16)22)17(21)10-9-13-5-4-6-14(11-13)12-19/h2-11H,1H3,(H,20,22). The van der Waals surface area contributed by atoms with Gasteiger partial charge in [-0.15, -0.1) is 0 Å². The molecule has 0 aromatic heterocycles. The Morgan fingerprint density at radius 1 is 1.18 bits per heavy atom. The number of nitriles is 1. The summed E-state index contributed by atoms with van der Waals surface area (Å²) in [5, 5.41) is 11.6. The zero-order valence-electron chi connectivity index (χ0n) is 12.0. The van der Waals surface area contributed by atoms with Crippen LogP contribution in [0.2, 0.25) is 0 Å². The highest BCUT2D eigenvalue weighted by Gasteiger charge is 2.08. The molecule has 0 unspecified atom stereocenters. The van der Waals surface area contributed by atoms with Gasteiger partial charge in [0.15, 0.2) is 5.78 Å². The monoisotopic (exact) mass is 290 g/mol. The number of ketones is 1. The molecular weight excluding hydrogens is 276 g/mol. The van der Waals surface area contributed by atoms with Crippen LogP contribution in [0.1, 0.15) is 21.5 Å². The van der Waals surface area contributed by atoms with E-state index in [9.17, 15) is 9.59 Å². The summed E-state index contributed by atoms with van der Waals surface area (Å²) in [5.74, 6) is -0.375. The van der Waals surface area contributed by atoms with Crippen LogP contribution in [-0.4, -0.2) is 12.8 Å². The number of hydrogen-bond acceptors (Lipinski definition) is 4. The molecule has 4 nitrogen and oxygen atoms in total. The lowest BCUT2D eigenvalue weighted by atomic mass is 10.1. The third-order valence-corrected chi connectivity index (χ3v) is 3.10. The molecule has 0 radical (unpaired) electrons. The fourth-order valence-electron chi connectivity index (χ4n) is 1.96. The van der Waals surface area contributed by atoms with Gasteiger partial charge in [-0.25, -0.2) is 0 Å². The van der Waals surface area contributed by atoms with Crippen molar-refractivity contribution in [1.29, 1.82) is 5.26 Å². The molecule has 0 aliphatic rings.